The third-order valence-corrected chi connectivity index (χ3v) is 6.49. The minimum absolute atomic E-state index is 0.0135. The molecule has 0 saturated carbocycles. The number of rotatable bonds is 6. The highest BCUT2D eigenvalue weighted by Gasteiger charge is 2.38. The van der Waals surface area contributed by atoms with Crippen molar-refractivity contribution >= 4 is 17.5 Å². The number of carbonyl (C=O) groups is 2. The number of hydrogen-bond acceptors (Lipinski definition) is 7. The van der Waals surface area contributed by atoms with E-state index in [1.165, 1.54) is 12.1 Å². The zero-order chi connectivity index (χ0) is 24.4. The van der Waals surface area contributed by atoms with Crippen molar-refractivity contribution < 1.29 is 18.7 Å². The summed E-state index contributed by atoms with van der Waals surface area (Å²) in [6.07, 6.45) is 0.211. The van der Waals surface area contributed by atoms with Gasteiger partial charge < -0.3 is 14.5 Å². The van der Waals surface area contributed by atoms with Crippen molar-refractivity contribution in [1.82, 2.24) is 30.0 Å². The van der Waals surface area contributed by atoms with Gasteiger partial charge in [0.1, 0.15) is 11.6 Å². The number of nitrogens with zero attached hydrogens (tertiary/aromatic N) is 7. The maximum atomic E-state index is 13.2. The van der Waals surface area contributed by atoms with Gasteiger partial charge in [-0.1, -0.05) is 6.07 Å². The van der Waals surface area contributed by atoms with Gasteiger partial charge >= 0.3 is 0 Å². The van der Waals surface area contributed by atoms with Crippen LogP contribution in [0.4, 0.5) is 10.1 Å². The lowest BCUT2D eigenvalue weighted by atomic mass is 10.1. The Kier molecular flexibility index (Phi) is 6.41. The Balaban J connectivity index is 1.17. The first-order chi connectivity index (χ1) is 17.0. The van der Waals surface area contributed by atoms with Crippen LogP contribution >= 0.6 is 0 Å². The highest BCUT2D eigenvalue weighted by atomic mass is 19.1. The van der Waals surface area contributed by atoms with Crippen LogP contribution in [0.3, 0.4) is 0 Å². The van der Waals surface area contributed by atoms with Gasteiger partial charge in [0, 0.05) is 50.9 Å². The normalized spacial score (nSPS) is 18.8. The molecule has 5 rings (SSSR count). The number of carbonyl (C=O) groups excluding carboxylic acids is 2. The molecule has 2 saturated heterocycles. The number of methoxy groups -OCH3 is 1. The Morgan fingerprint density at radius 1 is 1.09 bits per heavy atom. The van der Waals surface area contributed by atoms with Crippen molar-refractivity contribution in [2.24, 2.45) is 5.92 Å². The summed E-state index contributed by atoms with van der Waals surface area (Å²) in [5.74, 6) is 0.603. The first-order valence-corrected chi connectivity index (χ1v) is 11.5. The van der Waals surface area contributed by atoms with Crippen LogP contribution in [0.15, 0.2) is 48.5 Å². The molecule has 182 valence electrons. The van der Waals surface area contributed by atoms with Crippen LogP contribution in [-0.4, -0.2) is 81.7 Å². The molecule has 1 aromatic heterocycles. The molecule has 1 atom stereocenters. The number of anilines is 1. The molecule has 2 aliphatic heterocycles. The SMILES string of the molecule is COc1cccc(N2CC(C(=O)N3CCN(Cc4nnnn4-c4ccc(F)cc4)CC3)CC2=O)c1. The second-order valence-corrected chi connectivity index (χ2v) is 8.69. The molecule has 0 aliphatic carbocycles. The average molecular weight is 480 g/mol. The van der Waals surface area contributed by atoms with Crippen molar-refractivity contribution in [1.29, 1.82) is 0 Å². The lowest BCUT2D eigenvalue weighted by molar-refractivity contribution is -0.137. The molecule has 0 bridgehead atoms. The van der Waals surface area contributed by atoms with Gasteiger partial charge in [0.25, 0.3) is 0 Å². The Morgan fingerprint density at radius 2 is 1.86 bits per heavy atom. The maximum absolute atomic E-state index is 13.2. The molecule has 0 N–H and O–H groups in total. The van der Waals surface area contributed by atoms with Crippen LogP contribution in [-0.2, 0) is 16.1 Å². The van der Waals surface area contributed by atoms with E-state index in [2.05, 4.69) is 20.4 Å². The second kappa shape index (κ2) is 9.79. The predicted octanol–water partition coefficient (Wildman–Crippen LogP) is 1.51. The lowest BCUT2D eigenvalue weighted by Crippen LogP contribution is -2.50. The minimum Gasteiger partial charge on any atom is -0.497 e. The minimum atomic E-state index is -0.356. The Morgan fingerprint density at radius 3 is 2.60 bits per heavy atom. The molecule has 10 nitrogen and oxygen atoms in total. The van der Waals surface area contributed by atoms with Crippen molar-refractivity contribution in [3.63, 3.8) is 0 Å². The summed E-state index contributed by atoms with van der Waals surface area (Å²) < 4.78 is 20.1. The van der Waals surface area contributed by atoms with E-state index < -0.39 is 0 Å². The molecule has 0 radical (unpaired) electrons. The van der Waals surface area contributed by atoms with E-state index in [4.69, 9.17) is 4.74 Å². The topological polar surface area (TPSA) is 96.7 Å². The number of piperazine rings is 1. The Labute approximate surface area is 201 Å². The van der Waals surface area contributed by atoms with Crippen LogP contribution in [0.25, 0.3) is 5.69 Å². The number of hydrogen-bond donors (Lipinski definition) is 0. The summed E-state index contributed by atoms with van der Waals surface area (Å²) in [5.41, 5.74) is 1.43. The fourth-order valence-electron chi connectivity index (χ4n) is 4.57. The highest BCUT2D eigenvalue weighted by molar-refractivity contribution is 6.00. The van der Waals surface area contributed by atoms with Gasteiger partial charge in [-0.3, -0.25) is 14.5 Å². The number of tetrazole rings is 1. The second-order valence-electron chi connectivity index (χ2n) is 8.69. The fraction of sp³-hybridized carbons (Fsp3) is 0.375. The number of halogens is 1. The zero-order valence-corrected chi connectivity index (χ0v) is 19.4. The van der Waals surface area contributed by atoms with E-state index in [1.54, 1.807) is 28.8 Å². The summed E-state index contributed by atoms with van der Waals surface area (Å²) in [6, 6.07) is 13.3. The van der Waals surface area contributed by atoms with Crippen molar-refractivity contribution in [2.75, 3.05) is 44.7 Å². The van der Waals surface area contributed by atoms with Crippen molar-refractivity contribution in [3.8, 4) is 11.4 Å². The van der Waals surface area contributed by atoms with E-state index in [9.17, 15) is 14.0 Å². The van der Waals surface area contributed by atoms with E-state index in [0.717, 1.165) is 5.69 Å². The first kappa shape index (κ1) is 22.9. The van der Waals surface area contributed by atoms with Crippen LogP contribution in [0, 0.1) is 11.7 Å². The number of aromatic nitrogens is 4. The number of amides is 2. The summed E-state index contributed by atoms with van der Waals surface area (Å²) in [5, 5.41) is 11.9. The predicted molar refractivity (Wildman–Crippen MR) is 124 cm³/mol. The third-order valence-electron chi connectivity index (χ3n) is 6.49. The quantitative estimate of drug-likeness (QED) is 0.529. The largest absolute Gasteiger partial charge is 0.497 e. The molecular weight excluding hydrogens is 453 g/mol. The van der Waals surface area contributed by atoms with Gasteiger partial charge in [-0.15, -0.1) is 5.10 Å². The molecule has 2 aromatic carbocycles. The van der Waals surface area contributed by atoms with Gasteiger partial charge in [0.05, 0.1) is 25.3 Å². The molecule has 35 heavy (non-hydrogen) atoms. The van der Waals surface area contributed by atoms with E-state index in [1.807, 2.05) is 29.2 Å². The molecule has 2 aliphatic rings. The van der Waals surface area contributed by atoms with Gasteiger partial charge in [0.2, 0.25) is 11.8 Å². The van der Waals surface area contributed by atoms with Gasteiger partial charge in [0.15, 0.2) is 5.82 Å². The third kappa shape index (κ3) is 4.85. The van der Waals surface area contributed by atoms with Crippen LogP contribution in [0.5, 0.6) is 5.75 Å². The Hall–Kier alpha value is -3.86. The smallest absolute Gasteiger partial charge is 0.228 e. The van der Waals surface area contributed by atoms with Gasteiger partial charge in [-0.05, 0) is 46.8 Å². The summed E-state index contributed by atoms with van der Waals surface area (Å²) in [7, 11) is 1.58. The average Bonchev–Trinajstić information content (AvgIpc) is 3.51. The number of ether oxygens (including phenoxy) is 1. The van der Waals surface area contributed by atoms with Crippen LogP contribution < -0.4 is 9.64 Å². The number of benzene rings is 2. The molecular formula is C24H26FN7O3. The highest BCUT2D eigenvalue weighted by Crippen LogP contribution is 2.29. The van der Waals surface area contributed by atoms with E-state index >= 15 is 0 Å². The van der Waals surface area contributed by atoms with Gasteiger partial charge in [-0.2, -0.15) is 4.68 Å². The van der Waals surface area contributed by atoms with Crippen molar-refractivity contribution in [3.05, 3.63) is 60.2 Å². The fourth-order valence-corrected chi connectivity index (χ4v) is 4.57. The van der Waals surface area contributed by atoms with Gasteiger partial charge in [-0.25, -0.2) is 4.39 Å². The van der Waals surface area contributed by atoms with E-state index in [-0.39, 0.29) is 30.0 Å². The zero-order valence-electron chi connectivity index (χ0n) is 19.4. The molecule has 3 heterocycles. The molecule has 3 aromatic rings. The first-order valence-electron chi connectivity index (χ1n) is 11.5. The summed E-state index contributed by atoms with van der Waals surface area (Å²) in [4.78, 5) is 31.5. The van der Waals surface area contributed by atoms with Crippen molar-refractivity contribution in [2.45, 2.75) is 13.0 Å². The summed E-state index contributed by atoms with van der Waals surface area (Å²) in [6.45, 7) is 3.36. The summed E-state index contributed by atoms with van der Waals surface area (Å²) >= 11 is 0. The molecule has 1 unspecified atom stereocenters. The molecule has 11 heteroatoms. The molecule has 2 fully saturated rings. The molecule has 2 amide bonds. The lowest BCUT2D eigenvalue weighted by Gasteiger charge is -2.35. The maximum Gasteiger partial charge on any atom is 0.228 e. The standard InChI is InChI=1S/C24H26FN7O3/c1-35-21-4-2-3-20(14-21)31-15-17(13-23(31)33)24(34)30-11-9-29(10-12-30)16-22-26-27-28-32(22)19-7-5-18(25)6-8-19/h2-8,14,17H,9-13,15-16H2,1H3. The van der Waals surface area contributed by atoms with E-state index in [0.29, 0.717) is 56.5 Å². The monoisotopic (exact) mass is 479 g/mol. The Bertz CT molecular complexity index is 1210. The molecule has 0 spiro atoms. The van der Waals surface area contributed by atoms with Crippen LogP contribution in [0.1, 0.15) is 12.2 Å². The van der Waals surface area contributed by atoms with Crippen LogP contribution in [0.2, 0.25) is 0 Å².